The molecule has 2 aliphatic rings. The van der Waals surface area contributed by atoms with Crippen LogP contribution >= 0.6 is 0 Å². The van der Waals surface area contributed by atoms with Crippen LogP contribution in [-0.4, -0.2) is 30.1 Å². The maximum atomic E-state index is 11.9. The number of amides is 1. The van der Waals surface area contributed by atoms with E-state index in [0.29, 0.717) is 11.3 Å². The van der Waals surface area contributed by atoms with E-state index in [1.165, 1.54) is 25.7 Å². The molecule has 0 aromatic heterocycles. The molecule has 86 valence electrons. The fraction of sp³-hybridized carbons (Fsp3) is 0.917. The normalized spacial score (nSPS) is 30.1. The van der Waals surface area contributed by atoms with Crippen LogP contribution in [0.5, 0.6) is 0 Å². The smallest absolute Gasteiger partial charge is 0.240 e. The quantitative estimate of drug-likeness (QED) is 0.769. The monoisotopic (exact) mass is 210 g/mol. The third-order valence-electron chi connectivity index (χ3n) is 3.93. The second-order valence-electron chi connectivity index (χ2n) is 5.38. The molecule has 1 aliphatic heterocycles. The van der Waals surface area contributed by atoms with Crippen molar-refractivity contribution in [3.05, 3.63) is 0 Å². The number of hydrogen-bond donors (Lipinski definition) is 1. The zero-order valence-electron chi connectivity index (χ0n) is 9.88. The number of rotatable bonds is 3. The van der Waals surface area contributed by atoms with Crippen LogP contribution in [0.15, 0.2) is 0 Å². The molecular formula is C12H22N2O. The second kappa shape index (κ2) is 4.12. The summed E-state index contributed by atoms with van der Waals surface area (Å²) in [7, 11) is 0. The van der Waals surface area contributed by atoms with E-state index in [1.54, 1.807) is 0 Å². The predicted octanol–water partition coefficient (Wildman–Crippen LogP) is 1.73. The van der Waals surface area contributed by atoms with Crippen LogP contribution < -0.4 is 5.32 Å². The molecule has 0 aromatic carbocycles. The minimum absolute atomic E-state index is 0.0787. The van der Waals surface area contributed by atoms with Gasteiger partial charge in [-0.3, -0.25) is 10.1 Å². The van der Waals surface area contributed by atoms with E-state index in [9.17, 15) is 4.79 Å². The Labute approximate surface area is 92.2 Å². The van der Waals surface area contributed by atoms with Crippen LogP contribution in [0.4, 0.5) is 0 Å². The molecule has 0 spiro atoms. The van der Waals surface area contributed by atoms with Crippen LogP contribution in [0.2, 0.25) is 0 Å². The predicted molar refractivity (Wildman–Crippen MR) is 60.4 cm³/mol. The first-order chi connectivity index (χ1) is 7.14. The Balaban J connectivity index is 1.93. The first kappa shape index (κ1) is 10.9. The van der Waals surface area contributed by atoms with Crippen molar-refractivity contribution in [2.45, 2.75) is 52.0 Å². The summed E-state index contributed by atoms with van der Waals surface area (Å²) < 4.78 is 0. The van der Waals surface area contributed by atoms with Crippen LogP contribution in [0.1, 0.15) is 46.0 Å². The lowest BCUT2D eigenvalue weighted by atomic mass is 9.88. The van der Waals surface area contributed by atoms with Gasteiger partial charge in [-0.1, -0.05) is 26.7 Å². The molecule has 2 rings (SSSR count). The van der Waals surface area contributed by atoms with Gasteiger partial charge in [0.05, 0.1) is 12.7 Å². The third-order valence-corrected chi connectivity index (χ3v) is 3.93. The average molecular weight is 210 g/mol. The van der Waals surface area contributed by atoms with E-state index < -0.39 is 0 Å². The summed E-state index contributed by atoms with van der Waals surface area (Å²) in [5.41, 5.74) is 0.389. The summed E-state index contributed by atoms with van der Waals surface area (Å²) in [5.74, 6) is 0.311. The zero-order valence-corrected chi connectivity index (χ0v) is 9.88. The molecule has 3 heteroatoms. The molecule has 1 saturated heterocycles. The molecule has 1 atom stereocenters. The standard InChI is InChI=1S/C12H22N2O/c1-3-10-11(15)14(9-13-10)8-12(2)6-4-5-7-12/h10,13H,3-9H2,1-2H3. The van der Waals surface area contributed by atoms with Crippen LogP contribution in [0.3, 0.4) is 0 Å². The number of nitrogens with zero attached hydrogens (tertiary/aromatic N) is 1. The molecule has 1 N–H and O–H groups in total. The Morgan fingerprint density at radius 2 is 2.13 bits per heavy atom. The van der Waals surface area contributed by atoms with E-state index in [2.05, 4.69) is 19.2 Å². The molecule has 0 bridgehead atoms. The number of carbonyl (C=O) groups excluding carboxylic acids is 1. The SMILES string of the molecule is CCC1NCN(CC2(C)CCCC2)C1=O. The molecule has 2 fully saturated rings. The van der Waals surface area contributed by atoms with Gasteiger partial charge in [0.1, 0.15) is 0 Å². The van der Waals surface area contributed by atoms with E-state index in [-0.39, 0.29) is 6.04 Å². The minimum atomic E-state index is 0.0787. The lowest BCUT2D eigenvalue weighted by Gasteiger charge is -2.29. The van der Waals surface area contributed by atoms with Crippen molar-refractivity contribution in [1.29, 1.82) is 0 Å². The van der Waals surface area contributed by atoms with Crippen molar-refractivity contribution in [2.24, 2.45) is 5.41 Å². The summed E-state index contributed by atoms with van der Waals surface area (Å²) >= 11 is 0. The molecule has 1 saturated carbocycles. The number of carbonyl (C=O) groups is 1. The van der Waals surface area contributed by atoms with E-state index in [0.717, 1.165) is 19.6 Å². The maximum absolute atomic E-state index is 11.9. The van der Waals surface area contributed by atoms with Gasteiger partial charge in [-0.25, -0.2) is 0 Å². The van der Waals surface area contributed by atoms with Crippen LogP contribution in [0, 0.1) is 5.41 Å². The fourth-order valence-corrected chi connectivity index (χ4v) is 2.91. The molecule has 1 heterocycles. The Hall–Kier alpha value is -0.570. The van der Waals surface area contributed by atoms with E-state index >= 15 is 0 Å². The lowest BCUT2D eigenvalue weighted by molar-refractivity contribution is -0.130. The van der Waals surface area contributed by atoms with Gasteiger partial charge in [0.2, 0.25) is 5.91 Å². The Bertz CT molecular complexity index is 246. The highest BCUT2D eigenvalue weighted by Crippen LogP contribution is 2.38. The summed E-state index contributed by atoms with van der Waals surface area (Å²) in [6, 6.07) is 0.0787. The Morgan fingerprint density at radius 1 is 1.47 bits per heavy atom. The van der Waals surface area contributed by atoms with E-state index in [4.69, 9.17) is 0 Å². The molecule has 0 radical (unpaired) electrons. The van der Waals surface area contributed by atoms with Gasteiger partial charge >= 0.3 is 0 Å². The first-order valence-electron chi connectivity index (χ1n) is 6.17. The summed E-state index contributed by atoms with van der Waals surface area (Å²) in [6.07, 6.45) is 6.15. The van der Waals surface area contributed by atoms with Gasteiger partial charge in [0.25, 0.3) is 0 Å². The van der Waals surface area contributed by atoms with Gasteiger partial charge < -0.3 is 4.90 Å². The number of nitrogens with one attached hydrogen (secondary N) is 1. The largest absolute Gasteiger partial charge is 0.328 e. The van der Waals surface area contributed by atoms with Gasteiger partial charge in [-0.15, -0.1) is 0 Å². The third kappa shape index (κ3) is 2.17. The lowest BCUT2D eigenvalue weighted by Crippen LogP contribution is -2.37. The highest BCUT2D eigenvalue weighted by atomic mass is 16.2. The Kier molecular flexibility index (Phi) is 3.01. The molecule has 15 heavy (non-hydrogen) atoms. The molecule has 1 unspecified atom stereocenters. The van der Waals surface area contributed by atoms with E-state index in [1.807, 2.05) is 4.90 Å². The van der Waals surface area contributed by atoms with Crippen molar-refractivity contribution in [2.75, 3.05) is 13.2 Å². The summed E-state index contributed by atoms with van der Waals surface area (Å²) in [5, 5.41) is 3.27. The summed E-state index contributed by atoms with van der Waals surface area (Å²) in [6.45, 7) is 6.10. The van der Waals surface area contributed by atoms with Crippen molar-refractivity contribution in [3.8, 4) is 0 Å². The zero-order chi connectivity index (χ0) is 10.9. The minimum Gasteiger partial charge on any atom is -0.328 e. The maximum Gasteiger partial charge on any atom is 0.240 e. The second-order valence-corrected chi connectivity index (χ2v) is 5.38. The van der Waals surface area contributed by atoms with Crippen molar-refractivity contribution >= 4 is 5.91 Å². The van der Waals surface area contributed by atoms with Gasteiger partial charge in [-0.05, 0) is 24.7 Å². The van der Waals surface area contributed by atoms with Crippen molar-refractivity contribution in [1.82, 2.24) is 10.2 Å². The Morgan fingerprint density at radius 3 is 2.67 bits per heavy atom. The topological polar surface area (TPSA) is 32.3 Å². The van der Waals surface area contributed by atoms with Crippen LogP contribution in [0.25, 0.3) is 0 Å². The highest BCUT2D eigenvalue weighted by Gasteiger charge is 2.36. The first-order valence-corrected chi connectivity index (χ1v) is 6.17. The van der Waals surface area contributed by atoms with Crippen molar-refractivity contribution in [3.63, 3.8) is 0 Å². The average Bonchev–Trinajstić information content (AvgIpc) is 2.76. The molecule has 0 aromatic rings. The molecule has 3 nitrogen and oxygen atoms in total. The molecular weight excluding hydrogens is 188 g/mol. The van der Waals surface area contributed by atoms with Gasteiger partial charge in [-0.2, -0.15) is 0 Å². The fourth-order valence-electron chi connectivity index (χ4n) is 2.91. The highest BCUT2D eigenvalue weighted by molar-refractivity contribution is 5.83. The van der Waals surface area contributed by atoms with Crippen molar-refractivity contribution < 1.29 is 4.79 Å². The number of hydrogen-bond acceptors (Lipinski definition) is 2. The summed E-state index contributed by atoms with van der Waals surface area (Å²) in [4.78, 5) is 13.9. The van der Waals surface area contributed by atoms with Crippen LogP contribution in [-0.2, 0) is 4.79 Å². The van der Waals surface area contributed by atoms with Gasteiger partial charge in [0.15, 0.2) is 0 Å². The molecule has 1 amide bonds. The molecule has 1 aliphatic carbocycles. The van der Waals surface area contributed by atoms with Gasteiger partial charge in [0, 0.05) is 6.54 Å².